The van der Waals surface area contributed by atoms with Crippen LogP contribution in [0.1, 0.15) is 64.7 Å². The Balaban J connectivity index is 0.00000514. The highest BCUT2D eigenvalue weighted by molar-refractivity contribution is 6.23. The van der Waals surface area contributed by atoms with Crippen LogP contribution in [-0.4, -0.2) is 156 Å². The number of hydrogen-bond donors (Lipinski definition) is 3. The fraction of sp³-hybridized carbons (Fsp3) is 0.476. The molecule has 0 saturated carbocycles. The molecule has 0 spiro atoms. The quantitative estimate of drug-likeness (QED) is 0.238. The van der Waals surface area contributed by atoms with Crippen LogP contribution in [-0.2, 0) is 9.59 Å². The summed E-state index contributed by atoms with van der Waals surface area (Å²) in [6.45, 7) is 9.30. The SMILES string of the molecule is CN1CCN([C@@H]2CCCN(c3cnc(C(N)=O)c(Nc4ccc(N5CCN(CCC6CN(c7ccc8c(c7)C(=O)N(C7CCC(=O)NC7=O)C8=O)C6)CC5)cc4)n3)C2)C1=O.[HH]. The van der Waals surface area contributed by atoms with Gasteiger partial charge < -0.3 is 35.6 Å². The number of likely N-dealkylation sites (N-methyl/N-ethyl adjacent to an activating group) is 1. The lowest BCUT2D eigenvalue weighted by molar-refractivity contribution is -0.136. The number of benzene rings is 2. The Labute approximate surface area is 349 Å². The van der Waals surface area contributed by atoms with E-state index in [1.54, 1.807) is 23.2 Å². The van der Waals surface area contributed by atoms with Gasteiger partial charge in [0.25, 0.3) is 17.7 Å². The molecule has 5 fully saturated rings. The van der Waals surface area contributed by atoms with Crippen LogP contribution in [0.15, 0.2) is 48.7 Å². The van der Waals surface area contributed by atoms with E-state index in [9.17, 15) is 28.8 Å². The molecule has 5 saturated heterocycles. The Morgan fingerprint density at radius 3 is 2.32 bits per heavy atom. The van der Waals surface area contributed by atoms with Crippen molar-refractivity contribution in [2.24, 2.45) is 11.7 Å². The minimum absolute atomic E-state index is 0. The number of carbonyl (C=O) groups is 6. The number of amides is 7. The van der Waals surface area contributed by atoms with Crippen molar-refractivity contribution < 1.29 is 30.2 Å². The summed E-state index contributed by atoms with van der Waals surface area (Å²) in [5, 5.41) is 5.52. The summed E-state index contributed by atoms with van der Waals surface area (Å²) >= 11 is 0. The molecule has 6 aliphatic rings. The van der Waals surface area contributed by atoms with E-state index in [-0.39, 0.29) is 32.0 Å². The van der Waals surface area contributed by atoms with Gasteiger partial charge in [-0.05, 0) is 80.6 Å². The number of fused-ring (bicyclic) bond motifs is 1. The number of piperidine rings is 2. The highest BCUT2D eigenvalue weighted by Gasteiger charge is 2.45. The number of primary amides is 1. The van der Waals surface area contributed by atoms with Gasteiger partial charge in [-0.1, -0.05) is 0 Å². The van der Waals surface area contributed by atoms with Crippen LogP contribution in [0.5, 0.6) is 0 Å². The second-order valence-corrected chi connectivity index (χ2v) is 16.7. The van der Waals surface area contributed by atoms with Crippen LogP contribution < -0.4 is 31.1 Å². The summed E-state index contributed by atoms with van der Waals surface area (Å²) in [7, 11) is 1.83. The molecule has 0 radical (unpaired) electrons. The fourth-order valence-corrected chi connectivity index (χ4v) is 9.33. The number of imide groups is 2. The van der Waals surface area contributed by atoms with Crippen molar-refractivity contribution >= 4 is 64.3 Å². The average molecular weight is 821 g/mol. The van der Waals surface area contributed by atoms with Crippen LogP contribution in [0.3, 0.4) is 0 Å². The van der Waals surface area contributed by atoms with Gasteiger partial charge in [0, 0.05) is 97.4 Å². The Kier molecular flexibility index (Phi) is 10.5. The predicted molar refractivity (Wildman–Crippen MR) is 224 cm³/mol. The van der Waals surface area contributed by atoms with Crippen LogP contribution in [0.4, 0.5) is 33.5 Å². The third-order valence-electron chi connectivity index (χ3n) is 12.9. The van der Waals surface area contributed by atoms with Gasteiger partial charge in [0.1, 0.15) is 11.9 Å². The van der Waals surface area contributed by atoms with Crippen molar-refractivity contribution in [3.05, 3.63) is 65.5 Å². The van der Waals surface area contributed by atoms with Gasteiger partial charge in [0.05, 0.1) is 23.4 Å². The van der Waals surface area contributed by atoms with Crippen LogP contribution in [0.25, 0.3) is 0 Å². The van der Waals surface area contributed by atoms with Crippen molar-refractivity contribution in [1.82, 2.24) is 34.9 Å². The van der Waals surface area contributed by atoms with Crippen LogP contribution in [0, 0.1) is 5.92 Å². The molecule has 0 aliphatic carbocycles. The minimum atomic E-state index is -0.973. The first-order chi connectivity index (χ1) is 29.0. The van der Waals surface area contributed by atoms with Crippen molar-refractivity contribution in [1.29, 1.82) is 0 Å². The second-order valence-electron chi connectivity index (χ2n) is 16.7. The molecule has 18 nitrogen and oxygen atoms in total. The molecule has 2 atom stereocenters. The predicted octanol–water partition coefficient (Wildman–Crippen LogP) is 1.95. The summed E-state index contributed by atoms with van der Waals surface area (Å²) in [5.41, 5.74) is 9.13. The summed E-state index contributed by atoms with van der Waals surface area (Å²) < 4.78 is 0. The first-order valence-corrected chi connectivity index (χ1v) is 20.9. The van der Waals surface area contributed by atoms with Crippen molar-refractivity contribution in [3.8, 4) is 0 Å². The molecular formula is C42H52N12O6. The number of carbonyl (C=O) groups excluding carboxylic acids is 6. The molecule has 18 heteroatoms. The number of nitrogens with one attached hydrogen (secondary N) is 2. The Hall–Kier alpha value is -6.30. The molecule has 3 aromatic rings. The smallest absolute Gasteiger partial charge is 0.320 e. The van der Waals surface area contributed by atoms with Gasteiger partial charge in [-0.15, -0.1) is 0 Å². The van der Waals surface area contributed by atoms with Crippen molar-refractivity contribution in [2.75, 3.05) is 99.1 Å². The number of piperazine rings is 1. The van der Waals surface area contributed by atoms with Crippen LogP contribution in [0.2, 0.25) is 0 Å². The number of anilines is 5. The number of rotatable bonds is 11. The van der Waals surface area contributed by atoms with E-state index in [0.29, 0.717) is 41.8 Å². The zero-order valence-corrected chi connectivity index (χ0v) is 33.7. The lowest BCUT2D eigenvalue weighted by Gasteiger charge is -2.43. The Morgan fingerprint density at radius 1 is 0.850 bits per heavy atom. The van der Waals surface area contributed by atoms with E-state index in [1.165, 1.54) is 0 Å². The minimum Gasteiger partial charge on any atom is -0.371 e. The van der Waals surface area contributed by atoms with E-state index in [0.717, 1.165) is 100 Å². The van der Waals surface area contributed by atoms with Gasteiger partial charge in [-0.3, -0.25) is 39.1 Å². The topological polar surface area (TPSA) is 201 Å². The molecule has 2 aromatic carbocycles. The molecular weight excluding hydrogens is 769 g/mol. The zero-order chi connectivity index (χ0) is 41.7. The third-order valence-corrected chi connectivity index (χ3v) is 12.9. The number of urea groups is 1. The standard InChI is InChI=1S/C42H50N12O6.H2/c1-48-15-20-53(42(48)60)30-3-2-13-51(25-30)34-22-44-36(37(43)56)38(46-34)45-27-4-6-28(7-5-27)50-18-16-49(17-19-50)14-12-26-23-52(24-26)29-8-9-31-32(21-29)41(59)54(40(31)58)33-10-11-35(55)47-39(33)57;/h4-9,21-22,26,30,33H,2-3,10-20,23-25H2,1H3,(H2,43,56)(H,45,46)(H,47,55,57);1H/t30-,33?;/m1./s1. The maximum absolute atomic E-state index is 13.3. The number of nitrogens with zero attached hydrogens (tertiary/aromatic N) is 9. The molecule has 0 bridgehead atoms. The van der Waals surface area contributed by atoms with Gasteiger partial charge in [-0.2, -0.15) is 0 Å². The van der Waals surface area contributed by atoms with E-state index < -0.39 is 35.6 Å². The highest BCUT2D eigenvalue weighted by Crippen LogP contribution is 2.34. The summed E-state index contributed by atoms with van der Waals surface area (Å²) in [6.07, 6.45) is 4.72. The van der Waals surface area contributed by atoms with Gasteiger partial charge >= 0.3 is 6.03 Å². The van der Waals surface area contributed by atoms with E-state index in [2.05, 4.69) is 47.3 Å². The average Bonchev–Trinajstić information content (AvgIpc) is 3.70. The molecule has 4 N–H and O–H groups in total. The van der Waals surface area contributed by atoms with E-state index in [1.807, 2.05) is 30.1 Å². The van der Waals surface area contributed by atoms with E-state index in [4.69, 9.17) is 10.7 Å². The lowest BCUT2D eigenvalue weighted by Crippen LogP contribution is -2.54. The fourth-order valence-electron chi connectivity index (χ4n) is 9.33. The zero-order valence-electron chi connectivity index (χ0n) is 33.7. The molecule has 7 heterocycles. The van der Waals surface area contributed by atoms with E-state index >= 15 is 0 Å². The lowest BCUT2D eigenvalue weighted by atomic mass is 9.94. The highest BCUT2D eigenvalue weighted by atomic mass is 16.2. The molecule has 9 rings (SSSR count). The monoisotopic (exact) mass is 820 g/mol. The third kappa shape index (κ3) is 7.55. The number of hydrogen-bond acceptors (Lipinski definition) is 13. The molecule has 60 heavy (non-hydrogen) atoms. The van der Waals surface area contributed by atoms with Gasteiger partial charge in [0.2, 0.25) is 11.8 Å². The normalized spacial score (nSPS) is 22.7. The summed E-state index contributed by atoms with van der Waals surface area (Å²) in [6, 6.07) is 12.5. The molecule has 1 aromatic heterocycles. The molecule has 1 unspecified atom stereocenters. The number of nitrogens with two attached hydrogens (primary N) is 1. The first kappa shape index (κ1) is 39.2. The molecule has 7 amide bonds. The van der Waals surface area contributed by atoms with Crippen LogP contribution >= 0.6 is 0 Å². The van der Waals surface area contributed by atoms with Crippen molar-refractivity contribution in [2.45, 2.75) is 44.2 Å². The largest absolute Gasteiger partial charge is 0.371 e. The summed E-state index contributed by atoms with van der Waals surface area (Å²) in [4.78, 5) is 98.5. The first-order valence-electron chi connectivity index (χ1n) is 20.9. The Morgan fingerprint density at radius 2 is 1.60 bits per heavy atom. The van der Waals surface area contributed by atoms with Crippen molar-refractivity contribution in [3.63, 3.8) is 0 Å². The second kappa shape index (κ2) is 16.0. The Bertz CT molecular complexity index is 2230. The van der Waals surface area contributed by atoms with Gasteiger partial charge in [0.15, 0.2) is 11.5 Å². The summed E-state index contributed by atoms with van der Waals surface area (Å²) in [5.74, 6) is -1.20. The maximum atomic E-state index is 13.3. The molecule has 6 aliphatic heterocycles. The molecule has 316 valence electrons. The maximum Gasteiger partial charge on any atom is 0.320 e. The van der Waals surface area contributed by atoms with Gasteiger partial charge in [-0.25, -0.2) is 14.8 Å². The number of aromatic nitrogens is 2.